The molecule has 0 aromatic heterocycles. The quantitative estimate of drug-likeness (QED) is 0.301. The Morgan fingerprint density at radius 1 is 1.10 bits per heavy atom. The number of carbonyl (C=O) groups is 1. The van der Waals surface area contributed by atoms with Gasteiger partial charge < -0.3 is 16.0 Å². The van der Waals surface area contributed by atoms with Gasteiger partial charge in [-0.25, -0.2) is 12.8 Å². The van der Waals surface area contributed by atoms with Crippen LogP contribution < -0.4 is 16.0 Å². The number of anilines is 1. The number of carbonyl (C=O) groups excluding carboxylic acids is 1. The number of aliphatic imine (C=N–C) groups is 1. The van der Waals surface area contributed by atoms with E-state index in [0.717, 1.165) is 5.56 Å². The maximum Gasteiger partial charge on any atom is 0.243 e. The average Bonchev–Trinajstić information content (AvgIpc) is 2.63. The SMILES string of the molecule is CN=C(NCC(=O)Nc1ccc(F)cc1)NCc1ccc(S(C)(=O)=O)c(C)c1.I. The number of halogens is 2. The molecule has 0 saturated heterocycles. The van der Waals surface area contributed by atoms with E-state index in [4.69, 9.17) is 0 Å². The third kappa shape index (κ3) is 7.97. The molecule has 0 bridgehead atoms. The largest absolute Gasteiger partial charge is 0.352 e. The summed E-state index contributed by atoms with van der Waals surface area (Å²) in [5.41, 5.74) is 2.05. The molecule has 158 valence electrons. The van der Waals surface area contributed by atoms with Crippen LogP contribution in [0.3, 0.4) is 0 Å². The summed E-state index contributed by atoms with van der Waals surface area (Å²) in [6.07, 6.45) is 1.18. The zero-order chi connectivity index (χ0) is 20.7. The molecule has 0 fully saturated rings. The molecule has 0 aliphatic rings. The van der Waals surface area contributed by atoms with Crippen LogP contribution in [0.2, 0.25) is 0 Å². The van der Waals surface area contributed by atoms with Crippen molar-refractivity contribution in [2.75, 3.05) is 25.2 Å². The third-order valence-corrected chi connectivity index (χ3v) is 5.12. The molecule has 7 nitrogen and oxygen atoms in total. The van der Waals surface area contributed by atoms with Gasteiger partial charge in [-0.3, -0.25) is 9.79 Å². The molecule has 3 N–H and O–H groups in total. The van der Waals surface area contributed by atoms with Gasteiger partial charge in [-0.15, -0.1) is 24.0 Å². The highest BCUT2D eigenvalue weighted by Crippen LogP contribution is 2.16. The molecule has 2 aromatic rings. The fourth-order valence-electron chi connectivity index (χ4n) is 2.55. The number of hydrogen-bond donors (Lipinski definition) is 3. The number of nitrogens with one attached hydrogen (secondary N) is 3. The van der Waals surface area contributed by atoms with Crippen LogP contribution >= 0.6 is 24.0 Å². The number of guanidine groups is 1. The zero-order valence-corrected chi connectivity index (χ0v) is 19.5. The molecule has 0 radical (unpaired) electrons. The lowest BCUT2D eigenvalue weighted by atomic mass is 10.1. The van der Waals surface area contributed by atoms with Crippen molar-refractivity contribution in [3.05, 3.63) is 59.4 Å². The summed E-state index contributed by atoms with van der Waals surface area (Å²) in [5, 5.41) is 8.58. The van der Waals surface area contributed by atoms with Gasteiger partial charge in [0.1, 0.15) is 5.82 Å². The topological polar surface area (TPSA) is 99.7 Å². The molecule has 1 amide bonds. The minimum absolute atomic E-state index is 0. The van der Waals surface area contributed by atoms with Crippen LogP contribution in [-0.4, -0.2) is 40.1 Å². The summed E-state index contributed by atoms with van der Waals surface area (Å²) in [7, 11) is -1.68. The van der Waals surface area contributed by atoms with Crippen molar-refractivity contribution in [3.8, 4) is 0 Å². The van der Waals surface area contributed by atoms with Crippen molar-refractivity contribution >= 4 is 51.4 Å². The highest BCUT2D eigenvalue weighted by molar-refractivity contribution is 14.0. The number of amides is 1. The average molecular weight is 534 g/mol. The molecule has 0 aliphatic carbocycles. The minimum atomic E-state index is -3.25. The molecular weight excluding hydrogens is 510 g/mol. The van der Waals surface area contributed by atoms with Gasteiger partial charge in [0, 0.05) is 25.5 Å². The maximum absolute atomic E-state index is 12.9. The predicted molar refractivity (Wildman–Crippen MR) is 123 cm³/mol. The highest BCUT2D eigenvalue weighted by atomic mass is 127. The van der Waals surface area contributed by atoms with E-state index in [-0.39, 0.29) is 42.2 Å². The lowest BCUT2D eigenvalue weighted by Crippen LogP contribution is -2.41. The van der Waals surface area contributed by atoms with Crippen molar-refractivity contribution in [1.82, 2.24) is 10.6 Å². The Labute approximate surface area is 187 Å². The van der Waals surface area contributed by atoms with Crippen molar-refractivity contribution in [2.24, 2.45) is 4.99 Å². The Morgan fingerprint density at radius 3 is 2.31 bits per heavy atom. The normalized spacial score (nSPS) is 11.4. The molecule has 0 aliphatic heterocycles. The van der Waals surface area contributed by atoms with E-state index in [0.29, 0.717) is 28.7 Å². The first-order chi connectivity index (χ1) is 13.2. The van der Waals surface area contributed by atoms with Gasteiger partial charge in [0.25, 0.3) is 0 Å². The molecule has 10 heteroatoms. The van der Waals surface area contributed by atoms with Gasteiger partial charge in [0.05, 0.1) is 11.4 Å². The Bertz CT molecular complexity index is 979. The van der Waals surface area contributed by atoms with Crippen molar-refractivity contribution in [2.45, 2.75) is 18.4 Å². The van der Waals surface area contributed by atoms with Crippen LogP contribution in [-0.2, 0) is 21.2 Å². The Kier molecular flexibility index (Phi) is 9.50. The summed E-state index contributed by atoms with van der Waals surface area (Å²) in [4.78, 5) is 16.3. The van der Waals surface area contributed by atoms with E-state index in [1.54, 1.807) is 32.2 Å². The second kappa shape index (κ2) is 11.1. The number of benzene rings is 2. The van der Waals surface area contributed by atoms with Crippen molar-refractivity contribution in [3.63, 3.8) is 0 Å². The van der Waals surface area contributed by atoms with Crippen LogP contribution in [0.4, 0.5) is 10.1 Å². The molecule has 0 atom stereocenters. The van der Waals surface area contributed by atoms with Gasteiger partial charge in [0.15, 0.2) is 15.8 Å². The maximum atomic E-state index is 12.9. The van der Waals surface area contributed by atoms with Crippen LogP contribution in [0.15, 0.2) is 52.4 Å². The molecule has 29 heavy (non-hydrogen) atoms. The Morgan fingerprint density at radius 2 is 1.76 bits per heavy atom. The van der Waals surface area contributed by atoms with E-state index >= 15 is 0 Å². The molecule has 0 saturated carbocycles. The van der Waals surface area contributed by atoms with Crippen molar-refractivity contribution < 1.29 is 17.6 Å². The van der Waals surface area contributed by atoms with Crippen LogP contribution in [0.5, 0.6) is 0 Å². The van der Waals surface area contributed by atoms with Gasteiger partial charge in [0.2, 0.25) is 5.91 Å². The predicted octanol–water partition coefficient (Wildman–Crippen LogP) is 2.46. The third-order valence-electron chi connectivity index (χ3n) is 3.87. The van der Waals surface area contributed by atoms with Gasteiger partial charge in [-0.05, 0) is 48.4 Å². The van der Waals surface area contributed by atoms with E-state index in [9.17, 15) is 17.6 Å². The first-order valence-corrected chi connectivity index (χ1v) is 10.4. The van der Waals surface area contributed by atoms with E-state index in [1.165, 1.54) is 30.5 Å². The van der Waals surface area contributed by atoms with Gasteiger partial charge >= 0.3 is 0 Å². The molecule has 0 unspecified atom stereocenters. The summed E-state index contributed by atoms with van der Waals surface area (Å²) in [5.74, 6) is -0.262. The fraction of sp³-hybridized carbons (Fsp3) is 0.263. The summed E-state index contributed by atoms with van der Waals surface area (Å²) in [6.45, 7) is 2.12. The lowest BCUT2D eigenvalue weighted by Gasteiger charge is -2.13. The molecule has 2 aromatic carbocycles. The summed E-state index contributed by atoms with van der Waals surface area (Å²) in [6, 6.07) is 10.6. The van der Waals surface area contributed by atoms with Crippen LogP contribution in [0, 0.1) is 12.7 Å². The number of aryl methyl sites for hydroxylation is 1. The van der Waals surface area contributed by atoms with Crippen molar-refractivity contribution in [1.29, 1.82) is 0 Å². The van der Waals surface area contributed by atoms with Crippen LogP contribution in [0.25, 0.3) is 0 Å². The molecule has 2 rings (SSSR count). The number of sulfone groups is 1. The number of rotatable bonds is 6. The molecule has 0 heterocycles. The van der Waals surface area contributed by atoms with Gasteiger partial charge in [-0.1, -0.05) is 12.1 Å². The van der Waals surface area contributed by atoms with Crippen LogP contribution in [0.1, 0.15) is 11.1 Å². The first-order valence-electron chi connectivity index (χ1n) is 8.48. The highest BCUT2D eigenvalue weighted by Gasteiger charge is 2.11. The van der Waals surface area contributed by atoms with E-state index < -0.39 is 9.84 Å². The Balaban J connectivity index is 0.00000420. The Hall–Kier alpha value is -2.21. The van der Waals surface area contributed by atoms with Gasteiger partial charge in [-0.2, -0.15) is 0 Å². The summed E-state index contributed by atoms with van der Waals surface area (Å²) < 4.78 is 36.2. The van der Waals surface area contributed by atoms with E-state index in [2.05, 4.69) is 20.9 Å². The zero-order valence-electron chi connectivity index (χ0n) is 16.3. The standard InChI is InChI=1S/C19H23FN4O3S.HI/c1-13-10-14(4-9-17(13)28(3,26)27)11-22-19(21-2)23-12-18(25)24-16-7-5-15(20)6-8-16;/h4-10H,11-12H2,1-3H3,(H,24,25)(H2,21,22,23);1H. The molecular formula is C19H24FIN4O3S. The lowest BCUT2D eigenvalue weighted by molar-refractivity contribution is -0.115. The second-order valence-corrected chi connectivity index (χ2v) is 8.19. The monoisotopic (exact) mass is 534 g/mol. The minimum Gasteiger partial charge on any atom is -0.352 e. The smallest absolute Gasteiger partial charge is 0.243 e. The second-order valence-electron chi connectivity index (χ2n) is 6.21. The fourth-order valence-corrected chi connectivity index (χ4v) is 3.51. The number of nitrogens with zero attached hydrogens (tertiary/aromatic N) is 1. The van der Waals surface area contributed by atoms with E-state index in [1.807, 2.05) is 0 Å². The summed E-state index contributed by atoms with van der Waals surface area (Å²) >= 11 is 0. The first kappa shape index (κ1) is 24.8. The number of hydrogen-bond acceptors (Lipinski definition) is 4. The molecule has 0 spiro atoms.